The molecular weight excluding hydrogens is 302 g/mol. The van der Waals surface area contributed by atoms with Gasteiger partial charge in [0, 0.05) is 11.1 Å². The van der Waals surface area contributed by atoms with Crippen molar-refractivity contribution in [2.75, 3.05) is 0 Å². The molecule has 1 aromatic carbocycles. The predicted octanol–water partition coefficient (Wildman–Crippen LogP) is 4.71. The Balaban J connectivity index is 2.18. The molecule has 0 saturated carbocycles. The molecule has 0 aliphatic carbocycles. The molecule has 2 heterocycles. The van der Waals surface area contributed by atoms with E-state index in [9.17, 15) is 0 Å². The van der Waals surface area contributed by atoms with E-state index in [0.717, 1.165) is 28.3 Å². The number of imidazole rings is 1. The summed E-state index contributed by atoms with van der Waals surface area (Å²) >= 11 is 7.89. The topological polar surface area (TPSA) is 30.7 Å². The van der Waals surface area contributed by atoms with Crippen LogP contribution in [0.4, 0.5) is 0 Å². The first-order valence-electron chi connectivity index (χ1n) is 7.12. The lowest BCUT2D eigenvalue weighted by Gasteiger charge is -2.15. The van der Waals surface area contributed by atoms with Crippen LogP contribution in [0.1, 0.15) is 41.2 Å². The van der Waals surface area contributed by atoms with Crippen LogP contribution in [0.3, 0.4) is 0 Å². The molecule has 0 saturated heterocycles. The fraction of sp³-hybridized carbons (Fsp3) is 0.375. The number of aryl methyl sites for hydroxylation is 2. The second kappa shape index (κ2) is 5.78. The van der Waals surface area contributed by atoms with Gasteiger partial charge in [-0.15, -0.1) is 22.9 Å². The minimum absolute atomic E-state index is 0.148. The van der Waals surface area contributed by atoms with Gasteiger partial charge in [-0.1, -0.05) is 19.1 Å². The third-order valence-corrected chi connectivity index (χ3v) is 5.32. The Labute approximate surface area is 133 Å². The second-order valence-electron chi connectivity index (χ2n) is 5.17. The molecule has 0 spiro atoms. The maximum Gasteiger partial charge on any atom is 0.125 e. The molecule has 0 bridgehead atoms. The summed E-state index contributed by atoms with van der Waals surface area (Å²) in [6.07, 6.45) is 3.00. The van der Waals surface area contributed by atoms with Gasteiger partial charge in [-0.3, -0.25) is 0 Å². The predicted molar refractivity (Wildman–Crippen MR) is 89.3 cm³/mol. The highest BCUT2D eigenvalue weighted by atomic mass is 35.5. The van der Waals surface area contributed by atoms with Gasteiger partial charge < -0.3 is 4.57 Å². The molecule has 0 aliphatic rings. The lowest BCUT2D eigenvalue weighted by atomic mass is 10.2. The normalized spacial score (nSPS) is 13.0. The summed E-state index contributed by atoms with van der Waals surface area (Å²) in [6.45, 7) is 6.44. The minimum atomic E-state index is 0.148. The Morgan fingerprint density at radius 1 is 1.38 bits per heavy atom. The first-order valence-corrected chi connectivity index (χ1v) is 8.47. The number of benzene rings is 1. The van der Waals surface area contributed by atoms with Gasteiger partial charge >= 0.3 is 0 Å². The van der Waals surface area contributed by atoms with Crippen molar-refractivity contribution in [1.29, 1.82) is 0 Å². The Bertz CT molecular complexity index is 775. The van der Waals surface area contributed by atoms with E-state index in [1.165, 1.54) is 10.4 Å². The molecule has 0 N–H and O–H groups in total. The maximum atomic E-state index is 6.12. The number of thiazole rings is 1. The lowest BCUT2D eigenvalue weighted by Crippen LogP contribution is -2.10. The molecule has 3 nitrogen and oxygen atoms in total. The van der Waals surface area contributed by atoms with Crippen molar-refractivity contribution in [1.82, 2.24) is 14.5 Å². The Morgan fingerprint density at radius 3 is 2.86 bits per heavy atom. The molecule has 5 heteroatoms. The van der Waals surface area contributed by atoms with Gasteiger partial charge in [-0.05, 0) is 31.9 Å². The van der Waals surface area contributed by atoms with Crippen LogP contribution >= 0.6 is 22.9 Å². The lowest BCUT2D eigenvalue weighted by molar-refractivity contribution is 0.629. The highest BCUT2D eigenvalue weighted by molar-refractivity contribution is 7.11. The number of nitrogens with zero attached hydrogens (tertiary/aromatic N) is 3. The van der Waals surface area contributed by atoms with Crippen molar-refractivity contribution < 1.29 is 0 Å². The summed E-state index contributed by atoms with van der Waals surface area (Å²) in [7, 11) is 0. The summed E-state index contributed by atoms with van der Waals surface area (Å²) in [6, 6.07) is 6.34. The van der Waals surface area contributed by atoms with Crippen molar-refractivity contribution in [2.45, 2.75) is 39.1 Å². The first kappa shape index (κ1) is 14.5. The Morgan fingerprint density at radius 2 is 2.19 bits per heavy atom. The zero-order valence-corrected chi connectivity index (χ0v) is 14.0. The maximum absolute atomic E-state index is 6.12. The number of aromatic nitrogens is 3. The quantitative estimate of drug-likeness (QED) is 0.652. The highest BCUT2D eigenvalue weighted by Gasteiger charge is 2.20. The molecule has 0 fully saturated rings. The molecule has 0 radical (unpaired) electrons. The van der Waals surface area contributed by atoms with E-state index in [1.54, 1.807) is 11.3 Å². The molecule has 21 heavy (non-hydrogen) atoms. The molecule has 3 aromatic rings. The third-order valence-electron chi connectivity index (χ3n) is 3.77. The van der Waals surface area contributed by atoms with Crippen LogP contribution in [-0.2, 0) is 12.3 Å². The van der Waals surface area contributed by atoms with Crippen LogP contribution in [0.25, 0.3) is 11.0 Å². The van der Waals surface area contributed by atoms with Gasteiger partial charge in [0.2, 0.25) is 0 Å². The number of halogens is 1. The van der Waals surface area contributed by atoms with E-state index in [2.05, 4.69) is 41.4 Å². The SMILES string of the molecule is CCc1cnc(C(C)n2c(CCl)nc3cccc(C)c32)s1. The number of hydrogen-bond acceptors (Lipinski definition) is 3. The molecule has 2 aromatic heterocycles. The van der Waals surface area contributed by atoms with Crippen LogP contribution in [0.5, 0.6) is 0 Å². The van der Waals surface area contributed by atoms with E-state index in [0.29, 0.717) is 5.88 Å². The average Bonchev–Trinajstić information content (AvgIpc) is 3.11. The first-order chi connectivity index (χ1) is 10.2. The van der Waals surface area contributed by atoms with Crippen molar-refractivity contribution in [3.63, 3.8) is 0 Å². The van der Waals surface area contributed by atoms with Crippen LogP contribution in [0.15, 0.2) is 24.4 Å². The summed E-state index contributed by atoms with van der Waals surface area (Å²) in [4.78, 5) is 10.6. The molecule has 0 aliphatic heterocycles. The number of hydrogen-bond donors (Lipinski definition) is 0. The molecule has 3 rings (SSSR count). The van der Waals surface area contributed by atoms with Crippen molar-refractivity contribution in [3.05, 3.63) is 45.7 Å². The van der Waals surface area contributed by atoms with E-state index in [1.807, 2.05) is 18.3 Å². The van der Waals surface area contributed by atoms with Crippen molar-refractivity contribution in [3.8, 4) is 0 Å². The van der Waals surface area contributed by atoms with Crippen LogP contribution in [-0.4, -0.2) is 14.5 Å². The summed E-state index contributed by atoms with van der Waals surface area (Å²) < 4.78 is 2.23. The van der Waals surface area contributed by atoms with Crippen molar-refractivity contribution in [2.24, 2.45) is 0 Å². The summed E-state index contributed by atoms with van der Waals surface area (Å²) in [5.74, 6) is 1.31. The van der Waals surface area contributed by atoms with Gasteiger partial charge in [-0.25, -0.2) is 9.97 Å². The van der Waals surface area contributed by atoms with Gasteiger partial charge in [0.15, 0.2) is 0 Å². The molecular formula is C16H18ClN3S. The number of rotatable bonds is 4. The van der Waals surface area contributed by atoms with Gasteiger partial charge in [-0.2, -0.15) is 0 Å². The fourth-order valence-electron chi connectivity index (χ4n) is 2.67. The Hall–Kier alpha value is -1.39. The van der Waals surface area contributed by atoms with Crippen LogP contribution in [0.2, 0.25) is 0 Å². The minimum Gasteiger partial charge on any atom is -0.317 e. The summed E-state index contributed by atoms with van der Waals surface area (Å²) in [5.41, 5.74) is 3.38. The zero-order valence-electron chi connectivity index (χ0n) is 12.4. The fourth-order valence-corrected chi connectivity index (χ4v) is 3.76. The van der Waals surface area contributed by atoms with E-state index in [-0.39, 0.29) is 6.04 Å². The van der Waals surface area contributed by atoms with E-state index in [4.69, 9.17) is 11.6 Å². The van der Waals surface area contributed by atoms with Gasteiger partial charge in [0.05, 0.1) is 23.0 Å². The standard InChI is InChI=1S/C16H18ClN3S/c1-4-12-9-18-16(21-12)11(3)20-14(8-17)19-13-7-5-6-10(2)15(13)20/h5-7,9,11H,4,8H2,1-3H3. The molecule has 1 atom stereocenters. The smallest absolute Gasteiger partial charge is 0.125 e. The van der Waals surface area contributed by atoms with E-state index < -0.39 is 0 Å². The molecule has 0 amide bonds. The van der Waals surface area contributed by atoms with Gasteiger partial charge in [0.1, 0.15) is 10.8 Å². The number of alkyl halides is 1. The molecule has 1 unspecified atom stereocenters. The number of fused-ring (bicyclic) bond motifs is 1. The summed E-state index contributed by atoms with van der Waals surface area (Å²) in [5, 5.41) is 1.11. The number of para-hydroxylation sites is 1. The largest absolute Gasteiger partial charge is 0.317 e. The molecule has 110 valence electrons. The third kappa shape index (κ3) is 2.47. The van der Waals surface area contributed by atoms with Gasteiger partial charge in [0.25, 0.3) is 0 Å². The highest BCUT2D eigenvalue weighted by Crippen LogP contribution is 2.30. The second-order valence-corrected chi connectivity index (χ2v) is 6.58. The van der Waals surface area contributed by atoms with Crippen LogP contribution < -0.4 is 0 Å². The zero-order chi connectivity index (χ0) is 15.0. The monoisotopic (exact) mass is 319 g/mol. The average molecular weight is 320 g/mol. The van der Waals surface area contributed by atoms with E-state index >= 15 is 0 Å². The van der Waals surface area contributed by atoms with Crippen LogP contribution in [0, 0.1) is 6.92 Å². The van der Waals surface area contributed by atoms with Crippen molar-refractivity contribution >= 4 is 34.0 Å². The Kier molecular flexibility index (Phi) is 4.00.